The van der Waals surface area contributed by atoms with Gasteiger partial charge in [0.1, 0.15) is 0 Å². The Hall–Kier alpha value is -1.72. The van der Waals surface area contributed by atoms with Gasteiger partial charge in [-0.05, 0) is 43.9 Å². The van der Waals surface area contributed by atoms with E-state index in [1.54, 1.807) is 6.20 Å². The van der Waals surface area contributed by atoms with Gasteiger partial charge in [0.05, 0.1) is 6.10 Å². The van der Waals surface area contributed by atoms with Gasteiger partial charge in [0, 0.05) is 31.0 Å². The molecule has 1 aromatic rings. The third-order valence-electron chi connectivity index (χ3n) is 4.60. The minimum absolute atomic E-state index is 0.0369. The molecule has 1 fully saturated rings. The Bertz CT molecular complexity index is 653. The smallest absolute Gasteiger partial charge is 0.254 e. The monoisotopic (exact) mass is 300 g/mol. The number of aromatic nitrogens is 1. The molecule has 0 spiro atoms. The van der Waals surface area contributed by atoms with Gasteiger partial charge >= 0.3 is 0 Å². The number of fused-ring (bicyclic) bond motifs is 6. The summed E-state index contributed by atoms with van der Waals surface area (Å²) in [7, 11) is 0. The van der Waals surface area contributed by atoms with Gasteiger partial charge in [-0.3, -0.25) is 9.78 Å². The van der Waals surface area contributed by atoms with Gasteiger partial charge in [0.25, 0.3) is 5.91 Å². The van der Waals surface area contributed by atoms with Crippen LogP contribution < -0.4 is 0 Å². The zero-order valence-corrected chi connectivity index (χ0v) is 12.9. The van der Waals surface area contributed by atoms with Crippen LogP contribution in [0.5, 0.6) is 0 Å². The molecule has 0 aliphatic carbocycles. The molecule has 0 N–H and O–H groups in total. The Labute approximate surface area is 129 Å². The van der Waals surface area contributed by atoms with Gasteiger partial charge in [0.15, 0.2) is 11.9 Å². The molecule has 4 rings (SSSR count). The summed E-state index contributed by atoms with van der Waals surface area (Å²) in [6.07, 6.45) is 6.72. The van der Waals surface area contributed by atoms with E-state index in [0.29, 0.717) is 19.5 Å². The summed E-state index contributed by atoms with van der Waals surface area (Å²) in [5.41, 5.74) is 3.57. The maximum absolute atomic E-state index is 12.9. The van der Waals surface area contributed by atoms with Crippen molar-refractivity contribution in [2.75, 3.05) is 6.54 Å². The highest BCUT2D eigenvalue weighted by atomic mass is 16.8. The largest absolute Gasteiger partial charge is 0.344 e. The second-order valence-corrected chi connectivity index (χ2v) is 6.60. The topological polar surface area (TPSA) is 51.7 Å². The van der Waals surface area contributed by atoms with Crippen molar-refractivity contribution in [1.29, 1.82) is 0 Å². The minimum atomic E-state index is -0.702. The molecule has 0 radical (unpaired) electrons. The molecular formula is C17H20N2O3. The van der Waals surface area contributed by atoms with Crippen molar-refractivity contribution >= 4 is 11.5 Å². The van der Waals surface area contributed by atoms with E-state index in [1.807, 2.05) is 31.0 Å². The van der Waals surface area contributed by atoms with E-state index in [4.69, 9.17) is 9.47 Å². The Morgan fingerprint density at radius 3 is 3.09 bits per heavy atom. The highest BCUT2D eigenvalue weighted by Crippen LogP contribution is 2.36. The SMILES string of the molecule is CC1(C)O[C@@H]2C(=O)N3CC/C(=C/C[C@H]2O1)c1cnccc1C3. The maximum atomic E-state index is 12.9. The van der Waals surface area contributed by atoms with Crippen LogP contribution in [0.4, 0.5) is 0 Å². The second kappa shape index (κ2) is 4.89. The van der Waals surface area contributed by atoms with E-state index in [-0.39, 0.29) is 12.0 Å². The number of pyridine rings is 1. The first-order chi connectivity index (χ1) is 10.5. The average Bonchev–Trinajstić information content (AvgIpc) is 2.71. The number of carbonyl (C=O) groups is 1. The van der Waals surface area contributed by atoms with E-state index in [0.717, 1.165) is 17.5 Å². The van der Waals surface area contributed by atoms with Crippen molar-refractivity contribution in [1.82, 2.24) is 9.88 Å². The van der Waals surface area contributed by atoms with E-state index in [1.165, 1.54) is 5.57 Å². The quantitative estimate of drug-likeness (QED) is 0.736. The molecule has 1 saturated heterocycles. The lowest BCUT2D eigenvalue weighted by Gasteiger charge is -2.25. The second-order valence-electron chi connectivity index (χ2n) is 6.60. The minimum Gasteiger partial charge on any atom is -0.344 e. The van der Waals surface area contributed by atoms with E-state index in [9.17, 15) is 4.79 Å². The van der Waals surface area contributed by atoms with Crippen LogP contribution in [0.2, 0.25) is 0 Å². The molecule has 0 saturated carbocycles. The van der Waals surface area contributed by atoms with Crippen LogP contribution in [0.1, 0.15) is 37.8 Å². The molecule has 0 aromatic carbocycles. The van der Waals surface area contributed by atoms with Crippen molar-refractivity contribution in [3.63, 3.8) is 0 Å². The lowest BCUT2D eigenvalue weighted by atomic mass is 9.98. The molecule has 2 atom stereocenters. The number of hydrogen-bond donors (Lipinski definition) is 0. The standard InChI is InChI=1S/C17H20N2O3/c1-17(2)21-14-4-3-11-6-8-19(16(20)15(14)22-17)10-12-5-7-18-9-13(11)12/h3,5,7,9,14-15H,4,6,8,10H2,1-2H3/b11-3-/t14-,15+/m1/s1. The lowest BCUT2D eigenvalue weighted by Crippen LogP contribution is -2.43. The summed E-state index contributed by atoms with van der Waals surface area (Å²) in [4.78, 5) is 19.1. The first kappa shape index (κ1) is 13.9. The predicted molar refractivity (Wildman–Crippen MR) is 80.7 cm³/mol. The highest BCUT2D eigenvalue weighted by Gasteiger charge is 2.46. The fourth-order valence-electron chi connectivity index (χ4n) is 3.58. The van der Waals surface area contributed by atoms with Crippen LogP contribution in [0.25, 0.3) is 5.57 Å². The summed E-state index contributed by atoms with van der Waals surface area (Å²) in [6, 6.07) is 2.00. The molecule has 0 unspecified atom stereocenters. The Morgan fingerprint density at radius 2 is 2.23 bits per heavy atom. The maximum Gasteiger partial charge on any atom is 0.254 e. The van der Waals surface area contributed by atoms with E-state index in [2.05, 4.69) is 11.1 Å². The molecule has 1 amide bonds. The first-order valence-electron chi connectivity index (χ1n) is 7.80. The van der Waals surface area contributed by atoms with Crippen LogP contribution >= 0.6 is 0 Å². The predicted octanol–water partition coefficient (Wildman–Crippen LogP) is 2.12. The summed E-state index contributed by atoms with van der Waals surface area (Å²) >= 11 is 0. The first-order valence-corrected chi connectivity index (χ1v) is 7.80. The number of carbonyl (C=O) groups excluding carboxylic acids is 1. The molecule has 2 bridgehead atoms. The Kier molecular flexibility index (Phi) is 3.09. The van der Waals surface area contributed by atoms with Gasteiger partial charge in [-0.15, -0.1) is 0 Å². The van der Waals surface area contributed by atoms with E-state index < -0.39 is 11.9 Å². The third-order valence-corrected chi connectivity index (χ3v) is 4.60. The zero-order valence-electron chi connectivity index (χ0n) is 12.9. The van der Waals surface area contributed by atoms with Crippen molar-refractivity contribution in [2.24, 2.45) is 0 Å². The molecule has 4 heterocycles. The van der Waals surface area contributed by atoms with Crippen LogP contribution in [0.3, 0.4) is 0 Å². The van der Waals surface area contributed by atoms with Gasteiger partial charge in [-0.1, -0.05) is 6.08 Å². The molecule has 22 heavy (non-hydrogen) atoms. The summed E-state index contributed by atoms with van der Waals surface area (Å²) in [5, 5.41) is 0. The van der Waals surface area contributed by atoms with Crippen molar-refractivity contribution < 1.29 is 14.3 Å². The fourth-order valence-corrected chi connectivity index (χ4v) is 3.58. The Balaban J connectivity index is 1.78. The van der Waals surface area contributed by atoms with Crippen LogP contribution in [-0.4, -0.2) is 40.3 Å². The molecule has 3 aliphatic rings. The van der Waals surface area contributed by atoms with Crippen molar-refractivity contribution in [3.8, 4) is 0 Å². The summed E-state index contributed by atoms with van der Waals surface area (Å²) in [6.45, 7) is 5.06. The van der Waals surface area contributed by atoms with E-state index >= 15 is 0 Å². The van der Waals surface area contributed by atoms with Crippen LogP contribution in [0.15, 0.2) is 24.5 Å². The molecule has 116 valence electrons. The van der Waals surface area contributed by atoms with Crippen molar-refractivity contribution in [3.05, 3.63) is 35.7 Å². The average molecular weight is 300 g/mol. The van der Waals surface area contributed by atoms with Crippen LogP contribution in [-0.2, 0) is 20.8 Å². The Morgan fingerprint density at radius 1 is 1.36 bits per heavy atom. The fraction of sp³-hybridized carbons (Fsp3) is 0.529. The van der Waals surface area contributed by atoms with Gasteiger partial charge < -0.3 is 14.4 Å². The number of nitrogens with zero attached hydrogens (tertiary/aromatic N) is 2. The van der Waals surface area contributed by atoms with Crippen molar-refractivity contribution in [2.45, 2.75) is 51.2 Å². The summed E-state index contributed by atoms with van der Waals surface area (Å²) in [5.74, 6) is -0.665. The molecule has 3 aliphatic heterocycles. The van der Waals surface area contributed by atoms with Crippen LogP contribution in [0, 0.1) is 0 Å². The normalized spacial score (nSPS) is 32.2. The number of hydrogen-bond acceptors (Lipinski definition) is 4. The lowest BCUT2D eigenvalue weighted by molar-refractivity contribution is -0.161. The van der Waals surface area contributed by atoms with Gasteiger partial charge in [0.2, 0.25) is 0 Å². The molecule has 5 heteroatoms. The molecule has 5 nitrogen and oxygen atoms in total. The van der Waals surface area contributed by atoms with Gasteiger partial charge in [-0.25, -0.2) is 0 Å². The number of ether oxygens (including phenoxy) is 2. The molecule has 1 aromatic heterocycles. The summed E-state index contributed by atoms with van der Waals surface area (Å²) < 4.78 is 11.8. The number of amides is 1. The van der Waals surface area contributed by atoms with Gasteiger partial charge in [-0.2, -0.15) is 0 Å². The number of rotatable bonds is 0. The highest BCUT2D eigenvalue weighted by molar-refractivity contribution is 5.83. The third kappa shape index (κ3) is 2.25. The zero-order chi connectivity index (χ0) is 15.3. The molecular weight excluding hydrogens is 280 g/mol.